The van der Waals surface area contributed by atoms with Crippen LogP contribution in [0.1, 0.15) is 31.2 Å². The van der Waals surface area contributed by atoms with E-state index < -0.39 is 0 Å². The van der Waals surface area contributed by atoms with Crippen LogP contribution in [0.3, 0.4) is 0 Å². The van der Waals surface area contributed by atoms with Gasteiger partial charge in [0.2, 0.25) is 0 Å². The molecule has 0 amide bonds. The predicted octanol–water partition coefficient (Wildman–Crippen LogP) is 2.36. The summed E-state index contributed by atoms with van der Waals surface area (Å²) < 4.78 is 0. The molecule has 1 aliphatic heterocycles. The SMILES string of the molecule is CC(C(=O)C1CCNCC1)c1ccccc1. The van der Waals surface area contributed by atoms with Crippen LogP contribution in [0.2, 0.25) is 0 Å². The molecule has 0 saturated carbocycles. The van der Waals surface area contributed by atoms with Crippen molar-refractivity contribution in [1.29, 1.82) is 0 Å². The first kappa shape index (κ1) is 11.3. The molecule has 2 nitrogen and oxygen atoms in total. The fourth-order valence-corrected chi connectivity index (χ4v) is 2.37. The van der Waals surface area contributed by atoms with E-state index in [1.807, 2.05) is 37.3 Å². The first-order chi connectivity index (χ1) is 7.79. The minimum Gasteiger partial charge on any atom is -0.317 e. The lowest BCUT2D eigenvalue weighted by atomic mass is 9.84. The zero-order chi connectivity index (χ0) is 11.4. The molecule has 0 radical (unpaired) electrons. The molecule has 0 aliphatic carbocycles. The smallest absolute Gasteiger partial charge is 0.143 e. The fourth-order valence-electron chi connectivity index (χ4n) is 2.37. The molecule has 1 saturated heterocycles. The normalized spacial score (nSPS) is 19.3. The van der Waals surface area contributed by atoms with Crippen molar-refractivity contribution in [2.75, 3.05) is 13.1 Å². The van der Waals surface area contributed by atoms with Crippen LogP contribution in [0.25, 0.3) is 0 Å². The largest absolute Gasteiger partial charge is 0.317 e. The molecule has 2 heteroatoms. The van der Waals surface area contributed by atoms with E-state index in [0.29, 0.717) is 5.78 Å². The van der Waals surface area contributed by atoms with Gasteiger partial charge in [-0.3, -0.25) is 4.79 Å². The lowest BCUT2D eigenvalue weighted by Gasteiger charge is -2.24. The second-order valence-electron chi connectivity index (χ2n) is 4.56. The van der Waals surface area contributed by atoms with Gasteiger partial charge in [-0.2, -0.15) is 0 Å². The zero-order valence-corrected chi connectivity index (χ0v) is 9.78. The van der Waals surface area contributed by atoms with Crippen molar-refractivity contribution in [3.05, 3.63) is 35.9 Å². The number of hydrogen-bond donors (Lipinski definition) is 1. The summed E-state index contributed by atoms with van der Waals surface area (Å²) in [4.78, 5) is 12.3. The quantitative estimate of drug-likeness (QED) is 0.842. The molecule has 1 fully saturated rings. The number of Topliss-reactive ketones (excluding diaryl/α,β-unsaturated/α-hetero) is 1. The first-order valence-corrected chi connectivity index (χ1v) is 6.08. The lowest BCUT2D eigenvalue weighted by molar-refractivity contribution is -0.124. The molecular weight excluding hydrogens is 198 g/mol. The maximum Gasteiger partial charge on any atom is 0.143 e. The molecule has 1 aromatic rings. The summed E-state index contributed by atoms with van der Waals surface area (Å²) >= 11 is 0. The van der Waals surface area contributed by atoms with Crippen molar-refractivity contribution >= 4 is 5.78 Å². The standard InChI is InChI=1S/C14H19NO/c1-11(12-5-3-2-4-6-12)14(16)13-7-9-15-10-8-13/h2-6,11,13,15H,7-10H2,1H3. The summed E-state index contributed by atoms with van der Waals surface area (Å²) in [7, 11) is 0. The molecule has 86 valence electrons. The average molecular weight is 217 g/mol. The van der Waals surface area contributed by atoms with Gasteiger partial charge >= 0.3 is 0 Å². The van der Waals surface area contributed by atoms with Gasteiger partial charge in [0.05, 0.1) is 0 Å². The molecule has 16 heavy (non-hydrogen) atoms. The summed E-state index contributed by atoms with van der Waals surface area (Å²) in [5.41, 5.74) is 1.14. The minimum absolute atomic E-state index is 0.0456. The van der Waals surface area contributed by atoms with Gasteiger partial charge in [0.15, 0.2) is 0 Å². The highest BCUT2D eigenvalue weighted by Crippen LogP contribution is 2.24. The van der Waals surface area contributed by atoms with E-state index in [1.165, 1.54) is 0 Å². The highest BCUT2D eigenvalue weighted by molar-refractivity contribution is 5.87. The summed E-state index contributed by atoms with van der Waals surface area (Å²) in [6.45, 7) is 4.00. The van der Waals surface area contributed by atoms with E-state index in [-0.39, 0.29) is 11.8 Å². The van der Waals surface area contributed by atoms with Crippen LogP contribution in [0.15, 0.2) is 30.3 Å². The average Bonchev–Trinajstić information content (AvgIpc) is 2.39. The van der Waals surface area contributed by atoms with Crippen LogP contribution in [0.5, 0.6) is 0 Å². The van der Waals surface area contributed by atoms with Crippen molar-refractivity contribution in [1.82, 2.24) is 5.32 Å². The third-order valence-corrected chi connectivity index (χ3v) is 3.47. The Morgan fingerprint density at radius 2 is 1.88 bits per heavy atom. The van der Waals surface area contributed by atoms with Crippen LogP contribution in [0.4, 0.5) is 0 Å². The Bertz CT molecular complexity index is 341. The fraction of sp³-hybridized carbons (Fsp3) is 0.500. The summed E-state index contributed by atoms with van der Waals surface area (Å²) in [5.74, 6) is 0.716. The molecule has 1 unspecified atom stereocenters. The Labute approximate surface area is 97.1 Å². The number of rotatable bonds is 3. The molecule has 1 aliphatic rings. The molecule has 1 N–H and O–H groups in total. The van der Waals surface area contributed by atoms with Crippen LogP contribution < -0.4 is 5.32 Å². The van der Waals surface area contributed by atoms with Gasteiger partial charge < -0.3 is 5.32 Å². The Hall–Kier alpha value is -1.15. The third kappa shape index (κ3) is 2.50. The lowest BCUT2D eigenvalue weighted by Crippen LogP contribution is -2.33. The number of nitrogens with one attached hydrogen (secondary N) is 1. The topological polar surface area (TPSA) is 29.1 Å². The molecule has 1 atom stereocenters. The molecule has 0 spiro atoms. The van der Waals surface area contributed by atoms with E-state index in [0.717, 1.165) is 31.5 Å². The van der Waals surface area contributed by atoms with Crippen LogP contribution >= 0.6 is 0 Å². The first-order valence-electron chi connectivity index (χ1n) is 6.08. The van der Waals surface area contributed by atoms with Gasteiger partial charge in [-0.05, 0) is 31.5 Å². The second kappa shape index (κ2) is 5.26. The number of carbonyl (C=O) groups excluding carboxylic acids is 1. The second-order valence-corrected chi connectivity index (χ2v) is 4.56. The van der Waals surface area contributed by atoms with Gasteiger partial charge in [0.1, 0.15) is 5.78 Å². The number of carbonyl (C=O) groups is 1. The monoisotopic (exact) mass is 217 g/mol. The van der Waals surface area contributed by atoms with Crippen molar-refractivity contribution in [2.24, 2.45) is 5.92 Å². The zero-order valence-electron chi connectivity index (χ0n) is 9.78. The molecule has 0 aromatic heterocycles. The van der Waals surface area contributed by atoms with Crippen LogP contribution in [-0.4, -0.2) is 18.9 Å². The van der Waals surface area contributed by atoms with E-state index in [2.05, 4.69) is 5.32 Å². The number of ketones is 1. The molecule has 1 heterocycles. The highest BCUT2D eigenvalue weighted by Gasteiger charge is 2.25. The van der Waals surface area contributed by atoms with E-state index >= 15 is 0 Å². The predicted molar refractivity (Wildman–Crippen MR) is 65.5 cm³/mol. The van der Waals surface area contributed by atoms with Crippen molar-refractivity contribution in [2.45, 2.75) is 25.7 Å². The minimum atomic E-state index is 0.0456. The Morgan fingerprint density at radius 1 is 1.25 bits per heavy atom. The van der Waals surface area contributed by atoms with Gasteiger partial charge in [-0.25, -0.2) is 0 Å². The van der Waals surface area contributed by atoms with E-state index in [4.69, 9.17) is 0 Å². The highest BCUT2D eigenvalue weighted by atomic mass is 16.1. The summed E-state index contributed by atoms with van der Waals surface area (Å²) in [6.07, 6.45) is 1.99. The number of hydrogen-bond acceptors (Lipinski definition) is 2. The molecular formula is C14H19NO. The van der Waals surface area contributed by atoms with Gasteiger partial charge in [-0.15, -0.1) is 0 Å². The van der Waals surface area contributed by atoms with Crippen molar-refractivity contribution in [3.63, 3.8) is 0 Å². The molecule has 2 rings (SSSR count). The van der Waals surface area contributed by atoms with E-state index in [9.17, 15) is 4.79 Å². The Kier molecular flexibility index (Phi) is 3.73. The summed E-state index contributed by atoms with van der Waals surface area (Å²) in [6, 6.07) is 10.1. The molecule has 0 bridgehead atoms. The maximum absolute atomic E-state index is 12.3. The number of benzene rings is 1. The van der Waals surface area contributed by atoms with Gasteiger partial charge in [-0.1, -0.05) is 37.3 Å². The van der Waals surface area contributed by atoms with Crippen molar-refractivity contribution < 1.29 is 4.79 Å². The summed E-state index contributed by atoms with van der Waals surface area (Å²) in [5, 5.41) is 3.30. The molecule has 1 aromatic carbocycles. The third-order valence-electron chi connectivity index (χ3n) is 3.47. The van der Waals surface area contributed by atoms with Crippen LogP contribution in [-0.2, 0) is 4.79 Å². The maximum atomic E-state index is 12.3. The van der Waals surface area contributed by atoms with Gasteiger partial charge in [0, 0.05) is 11.8 Å². The van der Waals surface area contributed by atoms with Crippen LogP contribution in [0, 0.1) is 5.92 Å². The Morgan fingerprint density at radius 3 is 2.50 bits per heavy atom. The van der Waals surface area contributed by atoms with E-state index in [1.54, 1.807) is 0 Å². The van der Waals surface area contributed by atoms with Gasteiger partial charge in [0.25, 0.3) is 0 Å². The Balaban J connectivity index is 2.04. The van der Waals surface area contributed by atoms with Crippen molar-refractivity contribution in [3.8, 4) is 0 Å². The number of piperidine rings is 1.